The van der Waals surface area contributed by atoms with Crippen LogP contribution < -0.4 is 15.6 Å². The third-order valence-electron chi connectivity index (χ3n) is 5.50. The number of aromatic amines is 1. The topological polar surface area (TPSA) is 115 Å². The highest BCUT2D eigenvalue weighted by molar-refractivity contribution is 7.16. The number of thiophene rings is 1. The zero-order valence-electron chi connectivity index (χ0n) is 18.8. The van der Waals surface area contributed by atoms with Crippen LogP contribution in [0.15, 0.2) is 64.9 Å². The molecule has 176 valence electrons. The number of anilines is 1. The molecule has 5 rings (SSSR count). The normalized spacial score (nSPS) is 11.0. The Morgan fingerprint density at radius 2 is 1.89 bits per heavy atom. The Morgan fingerprint density at radius 3 is 2.63 bits per heavy atom. The van der Waals surface area contributed by atoms with Crippen LogP contribution in [0.25, 0.3) is 27.4 Å². The van der Waals surface area contributed by atoms with Crippen molar-refractivity contribution in [2.24, 2.45) is 0 Å². The predicted octanol–water partition coefficient (Wildman–Crippen LogP) is 4.37. The first-order chi connectivity index (χ1) is 17.0. The molecule has 1 amide bonds. The molecule has 0 radical (unpaired) electrons. The summed E-state index contributed by atoms with van der Waals surface area (Å²) in [5.41, 5.74) is 1.21. The van der Waals surface area contributed by atoms with E-state index in [4.69, 9.17) is 9.47 Å². The van der Waals surface area contributed by atoms with E-state index in [1.807, 2.05) is 24.3 Å². The molecule has 2 aromatic carbocycles. The molecule has 0 fully saturated rings. The van der Waals surface area contributed by atoms with E-state index < -0.39 is 11.5 Å². The number of methoxy groups -OCH3 is 1. The molecule has 3 heterocycles. The van der Waals surface area contributed by atoms with Crippen molar-refractivity contribution in [1.82, 2.24) is 14.8 Å². The predicted molar refractivity (Wildman–Crippen MR) is 134 cm³/mol. The van der Waals surface area contributed by atoms with Gasteiger partial charge in [-0.15, -0.1) is 11.3 Å². The first kappa shape index (κ1) is 22.4. The van der Waals surface area contributed by atoms with Crippen LogP contribution in [0, 0.1) is 0 Å². The zero-order chi connectivity index (χ0) is 24.5. The van der Waals surface area contributed by atoms with Gasteiger partial charge >= 0.3 is 5.97 Å². The first-order valence-corrected chi connectivity index (χ1v) is 11.6. The fraction of sp³-hybridized carbons (Fsp3) is 0.120. The Bertz CT molecular complexity index is 1630. The van der Waals surface area contributed by atoms with E-state index in [1.165, 1.54) is 0 Å². The van der Waals surface area contributed by atoms with Crippen LogP contribution in [0.5, 0.6) is 5.75 Å². The maximum absolute atomic E-state index is 13.5. The maximum Gasteiger partial charge on any atom is 0.359 e. The lowest BCUT2D eigenvalue weighted by Crippen LogP contribution is -2.25. The van der Waals surface area contributed by atoms with E-state index in [1.54, 1.807) is 49.9 Å². The molecule has 0 aliphatic heterocycles. The monoisotopic (exact) mass is 488 g/mol. The number of benzene rings is 2. The Balaban J connectivity index is 1.64. The van der Waals surface area contributed by atoms with E-state index >= 15 is 0 Å². The summed E-state index contributed by atoms with van der Waals surface area (Å²) in [5.74, 6) is -0.432. The molecule has 0 aliphatic carbocycles. The molecule has 35 heavy (non-hydrogen) atoms. The molecule has 3 aromatic heterocycles. The molecule has 9 nitrogen and oxygen atoms in total. The van der Waals surface area contributed by atoms with E-state index in [0.717, 1.165) is 26.9 Å². The van der Waals surface area contributed by atoms with Gasteiger partial charge in [0.15, 0.2) is 5.69 Å². The van der Waals surface area contributed by atoms with Gasteiger partial charge in [-0.25, -0.2) is 4.79 Å². The summed E-state index contributed by atoms with van der Waals surface area (Å²) < 4.78 is 11.5. The largest absolute Gasteiger partial charge is 0.497 e. The Morgan fingerprint density at radius 1 is 1.11 bits per heavy atom. The van der Waals surface area contributed by atoms with E-state index in [-0.39, 0.29) is 23.6 Å². The summed E-state index contributed by atoms with van der Waals surface area (Å²) in [4.78, 5) is 42.5. The Labute approximate surface area is 202 Å². The first-order valence-electron chi connectivity index (χ1n) is 10.8. The number of fused-ring (bicyclic) bond motifs is 2. The lowest BCUT2D eigenvalue weighted by atomic mass is 10.1. The lowest BCUT2D eigenvalue weighted by molar-refractivity contribution is 0.0520. The van der Waals surface area contributed by atoms with Gasteiger partial charge in [0, 0.05) is 27.9 Å². The number of amides is 1. The van der Waals surface area contributed by atoms with Crippen molar-refractivity contribution >= 4 is 49.9 Å². The second kappa shape index (κ2) is 9.07. The van der Waals surface area contributed by atoms with Gasteiger partial charge in [-0.2, -0.15) is 9.78 Å². The SMILES string of the molecule is CCOC(=O)c1nn(-c2ccc(OC)cc2)c(=O)c2c(NC(=O)c3c[nH]c4ccccc34)scc12. The number of ether oxygens (including phenoxy) is 2. The highest BCUT2D eigenvalue weighted by Gasteiger charge is 2.24. The van der Waals surface area contributed by atoms with E-state index in [2.05, 4.69) is 15.4 Å². The summed E-state index contributed by atoms with van der Waals surface area (Å²) in [5, 5.41) is 10.3. The molecular weight excluding hydrogens is 468 g/mol. The van der Waals surface area contributed by atoms with Crippen LogP contribution in [0.4, 0.5) is 5.00 Å². The Hall–Kier alpha value is -4.44. The third kappa shape index (κ3) is 3.93. The van der Waals surface area contributed by atoms with Gasteiger partial charge in [0.1, 0.15) is 10.8 Å². The second-order valence-corrected chi connectivity index (χ2v) is 8.42. The molecule has 10 heteroatoms. The minimum absolute atomic E-state index is 0.0129. The lowest BCUT2D eigenvalue weighted by Gasteiger charge is -2.10. The molecule has 2 N–H and O–H groups in total. The molecule has 0 saturated heterocycles. The molecule has 0 aliphatic rings. The van der Waals surface area contributed by atoms with Crippen molar-refractivity contribution < 1.29 is 19.1 Å². The standard InChI is InChI=1S/C25H20N4O5S/c1-3-34-25(32)21-18-13-35-23(27-22(30)17-12-26-19-7-5-4-6-16(17)19)20(18)24(31)29(28-21)14-8-10-15(33-2)11-9-14/h4-13,26H,3H2,1-2H3,(H,27,30). The van der Waals surface area contributed by atoms with Gasteiger partial charge in [-0.05, 0) is 37.3 Å². The number of hydrogen-bond acceptors (Lipinski definition) is 7. The fourth-order valence-corrected chi connectivity index (χ4v) is 4.75. The number of hydrogen-bond donors (Lipinski definition) is 2. The average molecular weight is 489 g/mol. The number of aromatic nitrogens is 3. The summed E-state index contributed by atoms with van der Waals surface area (Å²) in [6.07, 6.45) is 1.62. The molecule has 0 atom stereocenters. The highest BCUT2D eigenvalue weighted by Crippen LogP contribution is 2.31. The van der Waals surface area contributed by atoms with Crippen molar-refractivity contribution in [3.05, 3.63) is 81.7 Å². The number of rotatable bonds is 6. The second-order valence-electron chi connectivity index (χ2n) is 7.54. The van der Waals surface area contributed by atoms with Crippen LogP contribution in [0.1, 0.15) is 27.8 Å². The van der Waals surface area contributed by atoms with Crippen LogP contribution in [0.3, 0.4) is 0 Å². The number of para-hydroxylation sites is 1. The van der Waals surface area contributed by atoms with Crippen LogP contribution in [0.2, 0.25) is 0 Å². The summed E-state index contributed by atoms with van der Waals surface area (Å²) in [7, 11) is 1.54. The maximum atomic E-state index is 13.5. The smallest absolute Gasteiger partial charge is 0.359 e. The molecular formula is C25H20N4O5S. The van der Waals surface area contributed by atoms with Gasteiger partial charge in [0.25, 0.3) is 11.5 Å². The highest BCUT2D eigenvalue weighted by atomic mass is 32.1. The van der Waals surface area contributed by atoms with E-state index in [9.17, 15) is 14.4 Å². The van der Waals surface area contributed by atoms with Gasteiger partial charge in [-0.1, -0.05) is 18.2 Å². The molecule has 0 saturated carbocycles. The van der Waals surface area contributed by atoms with Crippen LogP contribution >= 0.6 is 11.3 Å². The fourth-order valence-electron chi connectivity index (χ4n) is 3.82. The van der Waals surface area contributed by atoms with Gasteiger partial charge in [0.05, 0.1) is 30.4 Å². The number of H-pyrrole nitrogens is 1. The third-order valence-corrected chi connectivity index (χ3v) is 6.39. The minimum atomic E-state index is -0.660. The Kier molecular flexibility index (Phi) is 5.79. The van der Waals surface area contributed by atoms with Crippen molar-refractivity contribution in [3.8, 4) is 11.4 Å². The summed E-state index contributed by atoms with van der Waals surface area (Å²) in [6, 6.07) is 14.1. The molecule has 5 aromatic rings. The van der Waals surface area contributed by atoms with E-state index in [0.29, 0.717) is 27.4 Å². The minimum Gasteiger partial charge on any atom is -0.497 e. The quantitative estimate of drug-likeness (QED) is 0.343. The van der Waals surface area contributed by atoms with Crippen molar-refractivity contribution in [2.75, 3.05) is 19.0 Å². The number of carbonyl (C=O) groups excluding carboxylic acids is 2. The van der Waals surface area contributed by atoms with Gasteiger partial charge in [0.2, 0.25) is 0 Å². The van der Waals surface area contributed by atoms with Crippen LogP contribution in [-0.2, 0) is 4.74 Å². The summed E-state index contributed by atoms with van der Waals surface area (Å²) >= 11 is 1.14. The van der Waals surface area contributed by atoms with Crippen molar-refractivity contribution in [1.29, 1.82) is 0 Å². The summed E-state index contributed by atoms with van der Waals surface area (Å²) in [6.45, 7) is 1.84. The molecule has 0 bridgehead atoms. The number of nitrogens with zero attached hydrogens (tertiary/aromatic N) is 2. The number of carbonyl (C=O) groups is 2. The molecule has 0 spiro atoms. The van der Waals surface area contributed by atoms with Gasteiger partial charge < -0.3 is 19.8 Å². The zero-order valence-corrected chi connectivity index (χ0v) is 19.6. The van der Waals surface area contributed by atoms with Gasteiger partial charge in [-0.3, -0.25) is 9.59 Å². The van der Waals surface area contributed by atoms with Crippen LogP contribution in [-0.4, -0.2) is 40.4 Å². The average Bonchev–Trinajstić information content (AvgIpc) is 3.49. The molecule has 0 unspecified atom stereocenters. The van der Waals surface area contributed by atoms with Crippen molar-refractivity contribution in [2.45, 2.75) is 6.92 Å². The number of nitrogens with one attached hydrogen (secondary N) is 2. The number of esters is 1. The van der Waals surface area contributed by atoms with Crippen molar-refractivity contribution in [3.63, 3.8) is 0 Å².